The molecule has 1 aliphatic heterocycles. The van der Waals surface area contributed by atoms with Crippen LogP contribution in [-0.2, 0) is 17.8 Å². The van der Waals surface area contributed by atoms with Crippen molar-refractivity contribution in [2.45, 2.75) is 57.7 Å². The van der Waals surface area contributed by atoms with Crippen molar-refractivity contribution in [3.63, 3.8) is 0 Å². The smallest absolute Gasteiger partial charge is 0.0494 e. The van der Waals surface area contributed by atoms with Gasteiger partial charge in [-0.15, -0.1) is 0 Å². The Kier molecular flexibility index (Phi) is 4.04. The van der Waals surface area contributed by atoms with E-state index in [9.17, 15) is 0 Å². The van der Waals surface area contributed by atoms with Gasteiger partial charge >= 0.3 is 0 Å². The van der Waals surface area contributed by atoms with Gasteiger partial charge in [-0.2, -0.15) is 0 Å². The van der Waals surface area contributed by atoms with E-state index in [4.69, 9.17) is 4.74 Å². The van der Waals surface area contributed by atoms with Gasteiger partial charge in [0.05, 0.1) is 0 Å². The van der Waals surface area contributed by atoms with Crippen LogP contribution in [0, 0.1) is 11.8 Å². The molecule has 0 aromatic carbocycles. The zero-order chi connectivity index (χ0) is 14.1. The predicted molar refractivity (Wildman–Crippen MR) is 84.1 cm³/mol. The fourth-order valence-corrected chi connectivity index (χ4v) is 3.71. The molecule has 2 fully saturated rings. The lowest BCUT2D eigenvalue weighted by molar-refractivity contribution is 0.0777. The minimum atomic E-state index is 0.749. The summed E-state index contributed by atoms with van der Waals surface area (Å²) in [5.41, 5.74) is 1.50. The van der Waals surface area contributed by atoms with Crippen LogP contribution >= 0.6 is 0 Å². The lowest BCUT2D eigenvalue weighted by Crippen LogP contribution is -2.41. The molecule has 3 heteroatoms. The van der Waals surface area contributed by atoms with Crippen molar-refractivity contribution in [1.82, 2.24) is 9.47 Å². The normalized spacial score (nSPS) is 27.1. The van der Waals surface area contributed by atoms with E-state index in [2.05, 4.69) is 27.8 Å². The number of hydrogen-bond acceptors (Lipinski definition) is 2. The molecule has 2 aliphatic carbocycles. The van der Waals surface area contributed by atoms with Crippen molar-refractivity contribution >= 4 is 0 Å². The molecular formula is C18H28N2O. The second kappa shape index (κ2) is 6.13. The predicted octanol–water partition coefficient (Wildman–Crippen LogP) is 3.29. The van der Waals surface area contributed by atoms with Crippen LogP contribution in [0.1, 0.15) is 44.2 Å². The average Bonchev–Trinajstić information content (AvgIpc) is 3.17. The molecule has 0 bridgehead atoms. The van der Waals surface area contributed by atoms with Gasteiger partial charge in [-0.25, -0.2) is 0 Å². The Bertz CT molecular complexity index is 462. The monoisotopic (exact) mass is 288 g/mol. The molecule has 0 N–H and O–H groups in total. The molecule has 1 unspecified atom stereocenters. The van der Waals surface area contributed by atoms with E-state index in [1.807, 2.05) is 0 Å². The maximum Gasteiger partial charge on any atom is 0.0494 e. The number of nitrogens with zero attached hydrogens (tertiary/aromatic N) is 2. The second-order valence-electron chi connectivity index (χ2n) is 7.34. The fourth-order valence-electron chi connectivity index (χ4n) is 3.71. The first-order valence-electron chi connectivity index (χ1n) is 8.84. The molecule has 3 nitrogen and oxygen atoms in total. The average molecular weight is 288 g/mol. The van der Waals surface area contributed by atoms with Crippen LogP contribution < -0.4 is 0 Å². The minimum absolute atomic E-state index is 0.749. The summed E-state index contributed by atoms with van der Waals surface area (Å²) in [5.74, 6) is 1.64. The van der Waals surface area contributed by atoms with Crippen LogP contribution in [0.25, 0.3) is 0 Å². The van der Waals surface area contributed by atoms with Crippen LogP contribution in [0.15, 0.2) is 18.3 Å². The van der Waals surface area contributed by atoms with Gasteiger partial charge in [0.1, 0.15) is 0 Å². The molecule has 0 radical (unpaired) electrons. The van der Waals surface area contributed by atoms with Gasteiger partial charge in [0.25, 0.3) is 0 Å². The van der Waals surface area contributed by atoms with Gasteiger partial charge in [0, 0.05) is 50.8 Å². The fraction of sp³-hybridized carbons (Fsp3) is 0.778. The second-order valence-corrected chi connectivity index (χ2v) is 7.34. The Morgan fingerprint density at radius 3 is 2.76 bits per heavy atom. The van der Waals surface area contributed by atoms with Crippen LogP contribution in [-0.4, -0.2) is 35.3 Å². The molecule has 1 aromatic rings. The number of rotatable bonds is 6. The molecule has 2 saturated carbocycles. The maximum atomic E-state index is 5.88. The van der Waals surface area contributed by atoms with Crippen LogP contribution in [0.3, 0.4) is 0 Å². The summed E-state index contributed by atoms with van der Waals surface area (Å²) in [6, 6.07) is 5.36. The van der Waals surface area contributed by atoms with E-state index in [1.165, 1.54) is 57.3 Å². The van der Waals surface area contributed by atoms with E-state index in [0.717, 1.165) is 37.6 Å². The zero-order valence-corrected chi connectivity index (χ0v) is 13.0. The first-order chi connectivity index (χ1) is 10.4. The molecule has 2 heterocycles. The third kappa shape index (κ3) is 3.35. The van der Waals surface area contributed by atoms with Crippen molar-refractivity contribution < 1.29 is 4.74 Å². The van der Waals surface area contributed by atoms with Gasteiger partial charge in [0.2, 0.25) is 0 Å². The summed E-state index contributed by atoms with van der Waals surface area (Å²) in [4.78, 5) is 2.74. The molecule has 0 saturated heterocycles. The van der Waals surface area contributed by atoms with Crippen molar-refractivity contribution in [2.75, 3.05) is 19.8 Å². The molecule has 116 valence electrons. The number of fused-ring (bicyclic) bond motifs is 1. The summed E-state index contributed by atoms with van der Waals surface area (Å²) in [7, 11) is 0. The first kappa shape index (κ1) is 13.8. The van der Waals surface area contributed by atoms with E-state index >= 15 is 0 Å². The third-order valence-corrected chi connectivity index (χ3v) is 5.55. The summed E-state index contributed by atoms with van der Waals surface area (Å²) in [5, 5.41) is 0. The van der Waals surface area contributed by atoms with Crippen LogP contribution in [0.5, 0.6) is 0 Å². The van der Waals surface area contributed by atoms with Gasteiger partial charge in [-0.05, 0) is 56.1 Å². The quantitative estimate of drug-likeness (QED) is 0.747. The van der Waals surface area contributed by atoms with Crippen LogP contribution in [0.4, 0.5) is 0 Å². The van der Waals surface area contributed by atoms with Gasteiger partial charge in [-0.3, -0.25) is 4.90 Å². The van der Waals surface area contributed by atoms with Gasteiger partial charge < -0.3 is 9.30 Å². The van der Waals surface area contributed by atoms with E-state index in [1.54, 1.807) is 0 Å². The first-order valence-corrected chi connectivity index (χ1v) is 8.84. The Balaban J connectivity index is 1.35. The highest BCUT2D eigenvalue weighted by atomic mass is 16.5. The Hall–Kier alpha value is -0.800. The number of aromatic nitrogens is 1. The molecule has 1 atom stereocenters. The molecule has 1 aromatic heterocycles. The summed E-state index contributed by atoms with van der Waals surface area (Å²) >= 11 is 0. The van der Waals surface area contributed by atoms with Crippen molar-refractivity contribution in [1.29, 1.82) is 0 Å². The SMILES string of the molecule is c1cc2n(c1)CC(CCOCC1CC1)CN(C1CCC1)C2. The number of hydrogen-bond donors (Lipinski definition) is 0. The lowest BCUT2D eigenvalue weighted by Gasteiger charge is -2.38. The van der Waals surface area contributed by atoms with Crippen molar-refractivity contribution in [3.05, 3.63) is 24.0 Å². The Morgan fingerprint density at radius 2 is 2.00 bits per heavy atom. The molecule has 4 rings (SSSR count). The third-order valence-electron chi connectivity index (χ3n) is 5.55. The maximum absolute atomic E-state index is 5.88. The lowest BCUT2D eigenvalue weighted by atomic mass is 9.90. The van der Waals surface area contributed by atoms with Gasteiger partial charge in [-0.1, -0.05) is 6.42 Å². The highest BCUT2D eigenvalue weighted by Crippen LogP contribution is 2.31. The molecular weight excluding hydrogens is 260 g/mol. The number of ether oxygens (including phenoxy) is 1. The molecule has 21 heavy (non-hydrogen) atoms. The Morgan fingerprint density at radius 1 is 1.10 bits per heavy atom. The Labute approximate surface area is 128 Å². The summed E-state index contributed by atoms with van der Waals surface area (Å²) in [6.07, 6.45) is 10.5. The van der Waals surface area contributed by atoms with Gasteiger partial charge in [0.15, 0.2) is 0 Å². The van der Waals surface area contributed by atoms with E-state index < -0.39 is 0 Å². The van der Waals surface area contributed by atoms with Crippen molar-refractivity contribution in [3.8, 4) is 0 Å². The molecule has 3 aliphatic rings. The highest BCUT2D eigenvalue weighted by Gasteiger charge is 2.30. The summed E-state index contributed by atoms with van der Waals surface area (Å²) < 4.78 is 8.36. The standard InChI is InChI=1S/C18H28N2O/c1-3-17(4-1)20-12-16(8-10-21-14-15-6-7-15)11-19-9-2-5-18(19)13-20/h2,5,9,15-17H,1,3-4,6-8,10-14H2. The van der Waals surface area contributed by atoms with E-state index in [-0.39, 0.29) is 0 Å². The highest BCUT2D eigenvalue weighted by molar-refractivity contribution is 5.09. The molecule has 0 amide bonds. The topological polar surface area (TPSA) is 17.4 Å². The zero-order valence-electron chi connectivity index (χ0n) is 13.0. The molecule has 0 spiro atoms. The van der Waals surface area contributed by atoms with E-state index in [0.29, 0.717) is 0 Å². The van der Waals surface area contributed by atoms with Crippen LogP contribution in [0.2, 0.25) is 0 Å². The van der Waals surface area contributed by atoms with Crippen molar-refractivity contribution in [2.24, 2.45) is 11.8 Å². The minimum Gasteiger partial charge on any atom is -0.381 e. The summed E-state index contributed by atoms with van der Waals surface area (Å²) in [6.45, 7) is 5.55. The largest absolute Gasteiger partial charge is 0.381 e.